The highest BCUT2D eigenvalue weighted by molar-refractivity contribution is 6.31. The fraction of sp³-hybridized carbons (Fsp3) is 0.438. The number of amides is 1. The van der Waals surface area contributed by atoms with Crippen molar-refractivity contribution in [3.8, 4) is 0 Å². The minimum atomic E-state index is -0.299. The van der Waals surface area contributed by atoms with Crippen LogP contribution >= 0.6 is 11.6 Å². The third-order valence-electron chi connectivity index (χ3n) is 3.61. The standard InChI is InChI=1S/C16H20ClNO3/c1-11-3-4-13(7-15(11)17)5-6-16(20)18-8-14(9-19)21-10-12(18)2/h3-7,12,14,19H,8-10H2,1-2H3/b6-5+. The monoisotopic (exact) mass is 309 g/mol. The zero-order chi connectivity index (χ0) is 15.4. The quantitative estimate of drug-likeness (QED) is 0.871. The number of carbonyl (C=O) groups excluding carboxylic acids is 1. The van der Waals surface area contributed by atoms with Crippen molar-refractivity contribution < 1.29 is 14.6 Å². The second-order valence-corrected chi connectivity index (χ2v) is 5.73. The molecule has 1 aliphatic heterocycles. The number of rotatable bonds is 3. The first kappa shape index (κ1) is 16.0. The molecule has 5 heteroatoms. The third kappa shape index (κ3) is 4.06. The average molecular weight is 310 g/mol. The molecule has 0 radical (unpaired) electrons. The molecule has 0 aliphatic carbocycles. The Balaban J connectivity index is 2.05. The second-order valence-electron chi connectivity index (χ2n) is 5.32. The maximum atomic E-state index is 12.3. The molecular formula is C16H20ClNO3. The molecule has 2 unspecified atom stereocenters. The first-order valence-corrected chi connectivity index (χ1v) is 7.36. The first-order valence-electron chi connectivity index (χ1n) is 6.98. The van der Waals surface area contributed by atoms with Crippen LogP contribution in [0.25, 0.3) is 6.08 Å². The number of morpholine rings is 1. The Morgan fingerprint density at radius 2 is 2.33 bits per heavy atom. The molecule has 1 aliphatic rings. The number of ether oxygens (including phenoxy) is 1. The van der Waals surface area contributed by atoms with Gasteiger partial charge in [0.15, 0.2) is 0 Å². The van der Waals surface area contributed by atoms with E-state index in [-0.39, 0.29) is 24.7 Å². The molecule has 1 amide bonds. The molecule has 0 aromatic heterocycles. The van der Waals surface area contributed by atoms with Crippen molar-refractivity contribution in [3.63, 3.8) is 0 Å². The molecule has 1 aromatic rings. The lowest BCUT2D eigenvalue weighted by atomic mass is 10.1. The zero-order valence-corrected chi connectivity index (χ0v) is 13.0. The highest BCUT2D eigenvalue weighted by Crippen LogP contribution is 2.18. The lowest BCUT2D eigenvalue weighted by Crippen LogP contribution is -2.51. The lowest BCUT2D eigenvalue weighted by molar-refractivity contribution is -0.140. The van der Waals surface area contributed by atoms with E-state index in [1.54, 1.807) is 11.0 Å². The number of carbonyl (C=O) groups is 1. The molecule has 1 N–H and O–H groups in total. The normalized spacial score (nSPS) is 22.8. The molecule has 1 fully saturated rings. The van der Waals surface area contributed by atoms with E-state index in [9.17, 15) is 4.79 Å². The Hall–Kier alpha value is -1.36. The predicted octanol–water partition coefficient (Wildman–Crippen LogP) is 2.27. The number of benzene rings is 1. The van der Waals surface area contributed by atoms with Gasteiger partial charge in [0, 0.05) is 17.6 Å². The Morgan fingerprint density at radius 1 is 1.57 bits per heavy atom. The minimum absolute atomic E-state index is 0.00607. The smallest absolute Gasteiger partial charge is 0.246 e. The maximum Gasteiger partial charge on any atom is 0.246 e. The van der Waals surface area contributed by atoms with Crippen LogP contribution in [0.1, 0.15) is 18.1 Å². The van der Waals surface area contributed by atoms with Gasteiger partial charge in [-0.1, -0.05) is 23.7 Å². The largest absolute Gasteiger partial charge is 0.394 e. The fourth-order valence-electron chi connectivity index (χ4n) is 2.21. The molecule has 1 aromatic carbocycles. The van der Waals surface area contributed by atoms with Gasteiger partial charge < -0.3 is 14.7 Å². The van der Waals surface area contributed by atoms with Gasteiger partial charge >= 0.3 is 0 Å². The number of halogens is 1. The van der Waals surface area contributed by atoms with Crippen molar-refractivity contribution in [3.05, 3.63) is 40.4 Å². The summed E-state index contributed by atoms with van der Waals surface area (Å²) in [5.74, 6) is -0.0825. The summed E-state index contributed by atoms with van der Waals surface area (Å²) >= 11 is 6.07. The van der Waals surface area contributed by atoms with Crippen molar-refractivity contribution in [2.45, 2.75) is 26.0 Å². The summed E-state index contributed by atoms with van der Waals surface area (Å²) in [4.78, 5) is 14.0. The van der Waals surface area contributed by atoms with Crippen molar-refractivity contribution >= 4 is 23.6 Å². The van der Waals surface area contributed by atoms with Gasteiger partial charge in [-0.25, -0.2) is 0 Å². The van der Waals surface area contributed by atoms with Crippen LogP contribution in [-0.2, 0) is 9.53 Å². The van der Waals surface area contributed by atoms with Crippen LogP contribution in [0.2, 0.25) is 5.02 Å². The molecule has 0 spiro atoms. The summed E-state index contributed by atoms with van der Waals surface area (Å²) in [6, 6.07) is 5.68. The fourth-order valence-corrected chi connectivity index (χ4v) is 2.40. The number of aryl methyl sites for hydroxylation is 1. The van der Waals surface area contributed by atoms with Crippen molar-refractivity contribution in [1.29, 1.82) is 0 Å². The third-order valence-corrected chi connectivity index (χ3v) is 4.01. The van der Waals surface area contributed by atoms with Crippen molar-refractivity contribution in [1.82, 2.24) is 4.90 Å². The summed E-state index contributed by atoms with van der Waals surface area (Å²) in [6.07, 6.45) is 2.99. The Morgan fingerprint density at radius 3 is 3.00 bits per heavy atom. The van der Waals surface area contributed by atoms with Crippen molar-refractivity contribution in [2.24, 2.45) is 0 Å². The number of hydrogen-bond acceptors (Lipinski definition) is 3. The van der Waals surface area contributed by atoms with Crippen LogP contribution in [0, 0.1) is 6.92 Å². The minimum Gasteiger partial charge on any atom is -0.394 e. The van der Waals surface area contributed by atoms with Gasteiger partial charge in [-0.15, -0.1) is 0 Å². The molecule has 2 rings (SSSR count). The second kappa shape index (κ2) is 7.07. The zero-order valence-electron chi connectivity index (χ0n) is 12.3. The van der Waals surface area contributed by atoms with Crippen LogP contribution in [0.4, 0.5) is 0 Å². The van der Waals surface area contributed by atoms with Crippen LogP contribution in [0.15, 0.2) is 24.3 Å². The Labute approximate surface area is 130 Å². The molecule has 1 heterocycles. The number of aliphatic hydroxyl groups is 1. The molecule has 0 saturated carbocycles. The van der Waals surface area contributed by atoms with Gasteiger partial charge in [-0.05, 0) is 37.1 Å². The molecule has 0 bridgehead atoms. The van der Waals surface area contributed by atoms with Crippen LogP contribution in [-0.4, -0.2) is 47.8 Å². The average Bonchev–Trinajstić information content (AvgIpc) is 2.48. The molecule has 114 valence electrons. The molecule has 4 nitrogen and oxygen atoms in total. The molecule has 2 atom stereocenters. The van der Waals surface area contributed by atoms with Gasteiger partial charge in [0.05, 0.1) is 25.4 Å². The van der Waals surface area contributed by atoms with E-state index in [0.29, 0.717) is 18.2 Å². The number of aliphatic hydroxyl groups excluding tert-OH is 1. The summed E-state index contributed by atoms with van der Waals surface area (Å²) in [6.45, 7) is 4.65. The number of nitrogens with zero attached hydrogens (tertiary/aromatic N) is 1. The topological polar surface area (TPSA) is 49.8 Å². The van der Waals surface area contributed by atoms with Crippen LogP contribution < -0.4 is 0 Å². The lowest BCUT2D eigenvalue weighted by Gasteiger charge is -2.36. The van der Waals surface area contributed by atoms with Crippen LogP contribution in [0.5, 0.6) is 0 Å². The van der Waals surface area contributed by atoms with Crippen molar-refractivity contribution in [2.75, 3.05) is 19.8 Å². The van der Waals surface area contributed by atoms with Gasteiger partial charge in [-0.3, -0.25) is 4.79 Å². The van der Waals surface area contributed by atoms with Gasteiger partial charge in [-0.2, -0.15) is 0 Å². The van der Waals surface area contributed by atoms with E-state index < -0.39 is 0 Å². The van der Waals surface area contributed by atoms with E-state index in [1.165, 1.54) is 6.08 Å². The van der Waals surface area contributed by atoms with E-state index in [4.69, 9.17) is 21.4 Å². The molecule has 1 saturated heterocycles. The SMILES string of the molecule is Cc1ccc(/C=C/C(=O)N2CC(CO)OCC2C)cc1Cl. The van der Waals surface area contributed by atoms with Gasteiger partial charge in [0.1, 0.15) is 0 Å². The van der Waals surface area contributed by atoms with E-state index in [1.807, 2.05) is 32.0 Å². The maximum absolute atomic E-state index is 12.3. The summed E-state index contributed by atoms with van der Waals surface area (Å²) in [5.41, 5.74) is 1.89. The highest BCUT2D eigenvalue weighted by Gasteiger charge is 2.27. The predicted molar refractivity (Wildman–Crippen MR) is 83.2 cm³/mol. The summed E-state index contributed by atoms with van der Waals surface area (Å²) in [7, 11) is 0. The summed E-state index contributed by atoms with van der Waals surface area (Å²) < 4.78 is 5.43. The van der Waals surface area contributed by atoms with Gasteiger partial charge in [0.2, 0.25) is 5.91 Å². The van der Waals surface area contributed by atoms with Gasteiger partial charge in [0.25, 0.3) is 0 Å². The van der Waals surface area contributed by atoms with E-state index in [2.05, 4.69) is 0 Å². The molecule has 21 heavy (non-hydrogen) atoms. The first-order chi connectivity index (χ1) is 10.0. The van der Waals surface area contributed by atoms with E-state index in [0.717, 1.165) is 11.1 Å². The highest BCUT2D eigenvalue weighted by atomic mass is 35.5. The van der Waals surface area contributed by atoms with Crippen LogP contribution in [0.3, 0.4) is 0 Å². The number of hydrogen-bond donors (Lipinski definition) is 1. The summed E-state index contributed by atoms with van der Waals surface area (Å²) in [5, 5.41) is 9.83. The molecular weight excluding hydrogens is 290 g/mol. The Kier molecular flexibility index (Phi) is 5.39. The Bertz CT molecular complexity index is 544. The van der Waals surface area contributed by atoms with E-state index >= 15 is 0 Å².